The van der Waals surface area contributed by atoms with E-state index >= 15 is 0 Å². The summed E-state index contributed by atoms with van der Waals surface area (Å²) in [5.41, 5.74) is 2.93. The molecular formula is C18H22N4OS. The molecule has 1 amide bonds. The number of aryl methyl sites for hydroxylation is 1. The van der Waals surface area contributed by atoms with Gasteiger partial charge in [-0.1, -0.05) is 25.1 Å². The van der Waals surface area contributed by atoms with Crippen LogP contribution in [-0.2, 0) is 17.8 Å². The SMILES string of the molecule is CCc1ccccc1N(C(C)=O)c1nc(CN(C)CCC#N)cs1. The third-order valence-corrected chi connectivity index (χ3v) is 4.57. The Bertz CT molecular complexity index is 735. The van der Waals surface area contributed by atoms with Gasteiger partial charge in [0.25, 0.3) is 0 Å². The van der Waals surface area contributed by atoms with Gasteiger partial charge in [-0.2, -0.15) is 5.26 Å². The fourth-order valence-corrected chi connectivity index (χ4v) is 3.37. The standard InChI is InChI=1S/C18H22N4OS/c1-4-15-8-5-6-9-17(15)22(14(2)23)18-20-16(13-24-18)12-21(3)11-7-10-19/h5-6,8-9,13H,4,7,11-12H2,1-3H3. The highest BCUT2D eigenvalue weighted by Gasteiger charge is 2.20. The minimum atomic E-state index is -0.0466. The summed E-state index contributed by atoms with van der Waals surface area (Å²) in [6.45, 7) is 5.01. The van der Waals surface area contributed by atoms with E-state index in [-0.39, 0.29) is 5.91 Å². The van der Waals surface area contributed by atoms with Crippen molar-refractivity contribution in [2.75, 3.05) is 18.5 Å². The van der Waals surface area contributed by atoms with Gasteiger partial charge in [-0.05, 0) is 25.1 Å². The summed E-state index contributed by atoms with van der Waals surface area (Å²) in [7, 11) is 1.96. The minimum Gasteiger partial charge on any atom is -0.299 e. The average molecular weight is 342 g/mol. The number of anilines is 2. The van der Waals surface area contributed by atoms with Gasteiger partial charge in [0.2, 0.25) is 5.91 Å². The Morgan fingerprint density at radius 2 is 2.12 bits per heavy atom. The number of hydrogen-bond donors (Lipinski definition) is 0. The van der Waals surface area contributed by atoms with Crippen molar-refractivity contribution >= 4 is 28.1 Å². The number of nitriles is 1. The number of carbonyl (C=O) groups excluding carboxylic acids is 1. The monoisotopic (exact) mass is 342 g/mol. The number of thiazole rings is 1. The van der Waals surface area contributed by atoms with Gasteiger partial charge in [0, 0.05) is 31.8 Å². The Morgan fingerprint density at radius 1 is 1.38 bits per heavy atom. The number of nitrogens with zero attached hydrogens (tertiary/aromatic N) is 4. The molecule has 0 unspecified atom stereocenters. The van der Waals surface area contributed by atoms with E-state index in [4.69, 9.17) is 5.26 Å². The van der Waals surface area contributed by atoms with Gasteiger partial charge in [-0.25, -0.2) is 4.98 Å². The molecular weight excluding hydrogens is 320 g/mol. The molecule has 1 aromatic heterocycles. The van der Waals surface area contributed by atoms with Crippen molar-refractivity contribution in [3.05, 3.63) is 40.9 Å². The lowest BCUT2D eigenvalue weighted by Crippen LogP contribution is -2.24. The summed E-state index contributed by atoms with van der Waals surface area (Å²) in [6.07, 6.45) is 1.35. The molecule has 24 heavy (non-hydrogen) atoms. The van der Waals surface area contributed by atoms with Crippen LogP contribution in [0.5, 0.6) is 0 Å². The number of amides is 1. The Labute approximate surface area is 147 Å². The summed E-state index contributed by atoms with van der Waals surface area (Å²) >= 11 is 1.47. The molecule has 0 aliphatic heterocycles. The number of aromatic nitrogens is 1. The highest BCUT2D eigenvalue weighted by atomic mass is 32.1. The van der Waals surface area contributed by atoms with E-state index in [1.807, 2.05) is 36.7 Å². The molecule has 0 spiro atoms. The molecule has 1 heterocycles. The van der Waals surface area contributed by atoms with E-state index in [1.165, 1.54) is 11.3 Å². The van der Waals surface area contributed by atoms with Crippen molar-refractivity contribution in [2.45, 2.75) is 33.2 Å². The molecule has 0 saturated heterocycles. The summed E-state index contributed by atoms with van der Waals surface area (Å²) < 4.78 is 0. The zero-order chi connectivity index (χ0) is 17.5. The Hall–Kier alpha value is -2.23. The lowest BCUT2D eigenvalue weighted by Gasteiger charge is -2.21. The van der Waals surface area contributed by atoms with Crippen molar-refractivity contribution in [3.63, 3.8) is 0 Å². The molecule has 0 aliphatic rings. The van der Waals surface area contributed by atoms with Crippen LogP contribution in [0.4, 0.5) is 10.8 Å². The molecule has 0 N–H and O–H groups in total. The van der Waals surface area contributed by atoms with E-state index in [0.717, 1.165) is 23.4 Å². The average Bonchev–Trinajstić information content (AvgIpc) is 3.01. The van der Waals surface area contributed by atoms with Crippen LogP contribution in [0, 0.1) is 11.3 Å². The molecule has 126 valence electrons. The van der Waals surface area contributed by atoms with Crippen LogP contribution in [0.1, 0.15) is 31.5 Å². The van der Waals surface area contributed by atoms with Crippen LogP contribution >= 0.6 is 11.3 Å². The molecule has 0 atom stereocenters. The number of benzene rings is 1. The van der Waals surface area contributed by atoms with Gasteiger partial charge >= 0.3 is 0 Å². The first-order valence-corrected chi connectivity index (χ1v) is 8.83. The van der Waals surface area contributed by atoms with Crippen molar-refractivity contribution in [1.82, 2.24) is 9.88 Å². The predicted molar refractivity (Wildman–Crippen MR) is 97.3 cm³/mol. The van der Waals surface area contributed by atoms with Crippen LogP contribution in [0.15, 0.2) is 29.6 Å². The second-order valence-corrected chi connectivity index (χ2v) is 6.44. The van der Waals surface area contributed by atoms with Crippen molar-refractivity contribution < 1.29 is 4.79 Å². The number of rotatable bonds is 7. The molecule has 0 aliphatic carbocycles. The largest absolute Gasteiger partial charge is 0.299 e. The maximum atomic E-state index is 12.2. The zero-order valence-corrected chi connectivity index (χ0v) is 15.1. The Kier molecular flexibility index (Phi) is 6.47. The minimum absolute atomic E-state index is 0.0466. The van der Waals surface area contributed by atoms with E-state index in [2.05, 4.69) is 22.9 Å². The summed E-state index contributed by atoms with van der Waals surface area (Å²) in [6, 6.07) is 10.1. The van der Waals surface area contributed by atoms with Gasteiger partial charge in [0.1, 0.15) is 0 Å². The maximum Gasteiger partial charge on any atom is 0.230 e. The summed E-state index contributed by atoms with van der Waals surface area (Å²) in [5.74, 6) is -0.0466. The second-order valence-electron chi connectivity index (χ2n) is 5.60. The topological polar surface area (TPSA) is 60.2 Å². The van der Waals surface area contributed by atoms with E-state index in [0.29, 0.717) is 24.6 Å². The van der Waals surface area contributed by atoms with Gasteiger partial charge < -0.3 is 0 Å². The maximum absolute atomic E-state index is 12.2. The summed E-state index contributed by atoms with van der Waals surface area (Å²) in [4.78, 5) is 20.6. The van der Waals surface area contributed by atoms with E-state index in [9.17, 15) is 4.79 Å². The van der Waals surface area contributed by atoms with Crippen LogP contribution in [0.2, 0.25) is 0 Å². The normalized spacial score (nSPS) is 10.6. The van der Waals surface area contributed by atoms with Gasteiger partial charge in [-0.15, -0.1) is 11.3 Å². The molecule has 6 heteroatoms. The molecule has 0 saturated carbocycles. The van der Waals surface area contributed by atoms with E-state index < -0.39 is 0 Å². The quantitative estimate of drug-likeness (QED) is 0.769. The fraction of sp³-hybridized carbons (Fsp3) is 0.389. The lowest BCUT2D eigenvalue weighted by molar-refractivity contribution is -0.115. The smallest absolute Gasteiger partial charge is 0.230 e. The predicted octanol–water partition coefficient (Wildman–Crippen LogP) is 3.74. The number of para-hydroxylation sites is 1. The van der Waals surface area contributed by atoms with Crippen molar-refractivity contribution in [1.29, 1.82) is 5.26 Å². The lowest BCUT2D eigenvalue weighted by atomic mass is 10.1. The third-order valence-electron chi connectivity index (χ3n) is 3.70. The zero-order valence-electron chi connectivity index (χ0n) is 14.3. The summed E-state index contributed by atoms with van der Waals surface area (Å²) in [5, 5.41) is 11.3. The van der Waals surface area contributed by atoms with Crippen LogP contribution in [-0.4, -0.2) is 29.4 Å². The molecule has 5 nitrogen and oxygen atoms in total. The van der Waals surface area contributed by atoms with Crippen LogP contribution < -0.4 is 4.90 Å². The van der Waals surface area contributed by atoms with Gasteiger partial charge in [0.15, 0.2) is 5.13 Å². The first-order chi connectivity index (χ1) is 11.6. The number of hydrogen-bond acceptors (Lipinski definition) is 5. The third kappa shape index (κ3) is 4.40. The second kappa shape index (κ2) is 8.57. The first-order valence-electron chi connectivity index (χ1n) is 7.95. The molecule has 0 fully saturated rings. The highest BCUT2D eigenvalue weighted by Crippen LogP contribution is 2.31. The van der Waals surface area contributed by atoms with Crippen LogP contribution in [0.3, 0.4) is 0 Å². The molecule has 2 aromatic rings. The molecule has 0 radical (unpaired) electrons. The number of carbonyl (C=O) groups is 1. The Morgan fingerprint density at radius 3 is 2.79 bits per heavy atom. The van der Waals surface area contributed by atoms with Gasteiger partial charge in [-0.3, -0.25) is 14.6 Å². The molecule has 0 bridgehead atoms. The molecule has 2 rings (SSSR count). The highest BCUT2D eigenvalue weighted by molar-refractivity contribution is 7.14. The van der Waals surface area contributed by atoms with E-state index in [1.54, 1.807) is 11.8 Å². The van der Waals surface area contributed by atoms with Crippen LogP contribution in [0.25, 0.3) is 0 Å². The fourth-order valence-electron chi connectivity index (χ4n) is 2.50. The molecule has 1 aromatic carbocycles. The van der Waals surface area contributed by atoms with Crippen molar-refractivity contribution in [3.8, 4) is 6.07 Å². The van der Waals surface area contributed by atoms with Crippen molar-refractivity contribution in [2.24, 2.45) is 0 Å². The first kappa shape index (κ1) is 18.1. The van der Waals surface area contributed by atoms with Gasteiger partial charge in [0.05, 0.1) is 17.5 Å². The Balaban J connectivity index is 2.24.